The lowest BCUT2D eigenvalue weighted by molar-refractivity contribution is -0.384. The van der Waals surface area contributed by atoms with E-state index in [1.165, 1.54) is 24.3 Å². The molecule has 2 aromatic carbocycles. The predicted octanol–water partition coefficient (Wildman–Crippen LogP) is 3.31. The number of nitro groups is 1. The van der Waals surface area contributed by atoms with Crippen molar-refractivity contribution in [3.05, 3.63) is 102 Å². The Hall–Kier alpha value is -4.05. The lowest BCUT2D eigenvalue weighted by Crippen LogP contribution is -2.33. The highest BCUT2D eigenvalue weighted by atomic mass is 32.1. The minimum atomic E-state index is -0.711. The van der Waals surface area contributed by atoms with Crippen LogP contribution in [0.5, 0.6) is 0 Å². The van der Waals surface area contributed by atoms with E-state index in [9.17, 15) is 24.5 Å². The molecule has 31 heavy (non-hydrogen) atoms. The Morgan fingerprint density at radius 1 is 1.13 bits per heavy atom. The molecule has 0 saturated heterocycles. The molecule has 10 heteroatoms. The summed E-state index contributed by atoms with van der Waals surface area (Å²) >= 11 is 0.973. The van der Waals surface area contributed by atoms with E-state index in [4.69, 9.17) is 4.74 Å². The van der Waals surface area contributed by atoms with Gasteiger partial charge in [0.2, 0.25) is 0 Å². The van der Waals surface area contributed by atoms with E-state index < -0.39 is 22.1 Å². The number of carbonyl (C=O) groups is 1. The van der Waals surface area contributed by atoms with Crippen LogP contribution in [0.2, 0.25) is 0 Å². The van der Waals surface area contributed by atoms with E-state index in [1.54, 1.807) is 6.92 Å². The van der Waals surface area contributed by atoms with Crippen molar-refractivity contribution in [2.45, 2.75) is 13.5 Å². The number of hydrogen-bond acceptors (Lipinski definition) is 7. The standard InChI is InChI=1S/C21H15N3O6S/c1-12-16-18(31-17(12)20(26)30-11-13-5-3-2-4-6-13)22-21(27)23(19(16)25)14-7-9-15(10-8-14)24(28)29/h2-10H,11H2,1H3,(H,22,27). The summed E-state index contributed by atoms with van der Waals surface area (Å²) < 4.78 is 6.23. The number of fused-ring (bicyclic) bond motifs is 1. The molecule has 0 unspecified atom stereocenters. The smallest absolute Gasteiger partial charge is 0.349 e. The fraction of sp³-hybridized carbons (Fsp3) is 0.0952. The molecule has 4 rings (SSSR count). The summed E-state index contributed by atoms with van der Waals surface area (Å²) in [6.45, 7) is 1.69. The first-order valence-electron chi connectivity index (χ1n) is 9.11. The second kappa shape index (κ2) is 8.00. The van der Waals surface area contributed by atoms with E-state index >= 15 is 0 Å². The summed E-state index contributed by atoms with van der Waals surface area (Å²) in [6, 6.07) is 14.2. The summed E-state index contributed by atoms with van der Waals surface area (Å²) in [5, 5.41) is 11.0. The monoisotopic (exact) mass is 437 g/mol. The van der Waals surface area contributed by atoms with Gasteiger partial charge in [-0.25, -0.2) is 14.2 Å². The van der Waals surface area contributed by atoms with Gasteiger partial charge in [0, 0.05) is 12.1 Å². The Balaban J connectivity index is 1.73. The Morgan fingerprint density at radius 3 is 2.45 bits per heavy atom. The normalized spacial score (nSPS) is 10.9. The molecule has 0 aliphatic rings. The minimum Gasteiger partial charge on any atom is -0.457 e. The first kappa shape index (κ1) is 20.2. The average molecular weight is 437 g/mol. The number of aromatic amines is 1. The quantitative estimate of drug-likeness (QED) is 0.290. The number of carbonyl (C=O) groups excluding carboxylic acids is 1. The number of thiophene rings is 1. The lowest BCUT2D eigenvalue weighted by atomic mass is 10.2. The Morgan fingerprint density at radius 2 is 1.81 bits per heavy atom. The van der Waals surface area contributed by atoms with Gasteiger partial charge in [0.05, 0.1) is 16.0 Å². The van der Waals surface area contributed by atoms with Crippen LogP contribution in [-0.2, 0) is 11.3 Å². The molecule has 2 heterocycles. The molecule has 0 saturated carbocycles. The molecule has 0 fully saturated rings. The minimum absolute atomic E-state index is 0.0803. The Kier molecular flexibility index (Phi) is 5.22. The lowest BCUT2D eigenvalue weighted by Gasteiger charge is -2.05. The summed E-state index contributed by atoms with van der Waals surface area (Å²) in [4.78, 5) is 51.6. The third kappa shape index (κ3) is 3.76. The number of ether oxygens (including phenoxy) is 1. The van der Waals surface area contributed by atoms with Crippen LogP contribution in [0.25, 0.3) is 15.9 Å². The molecule has 0 aliphatic carbocycles. The van der Waals surface area contributed by atoms with E-state index in [2.05, 4.69) is 4.98 Å². The van der Waals surface area contributed by atoms with Crippen LogP contribution >= 0.6 is 11.3 Å². The number of H-pyrrole nitrogens is 1. The molecule has 9 nitrogen and oxygen atoms in total. The number of hydrogen-bond donors (Lipinski definition) is 1. The molecule has 156 valence electrons. The fourth-order valence-electron chi connectivity index (χ4n) is 3.16. The van der Waals surface area contributed by atoms with Gasteiger partial charge in [-0.15, -0.1) is 11.3 Å². The third-order valence-corrected chi connectivity index (χ3v) is 5.89. The number of esters is 1. The molecule has 1 N–H and O–H groups in total. The first-order valence-corrected chi connectivity index (χ1v) is 9.93. The van der Waals surface area contributed by atoms with Crippen molar-refractivity contribution in [2.75, 3.05) is 0 Å². The molecule has 0 aliphatic heterocycles. The molecule has 0 atom stereocenters. The van der Waals surface area contributed by atoms with E-state index in [0.29, 0.717) is 5.56 Å². The van der Waals surface area contributed by atoms with Crippen LogP contribution in [-0.4, -0.2) is 20.4 Å². The summed E-state index contributed by atoms with van der Waals surface area (Å²) in [6.07, 6.45) is 0. The van der Waals surface area contributed by atoms with Gasteiger partial charge < -0.3 is 4.74 Å². The second-order valence-corrected chi connectivity index (χ2v) is 7.69. The zero-order chi connectivity index (χ0) is 22.1. The van der Waals surface area contributed by atoms with Crippen LogP contribution in [0.15, 0.2) is 64.2 Å². The number of rotatable bonds is 5. The van der Waals surface area contributed by atoms with Crippen LogP contribution in [0.4, 0.5) is 5.69 Å². The van der Waals surface area contributed by atoms with Crippen molar-refractivity contribution in [1.82, 2.24) is 9.55 Å². The van der Waals surface area contributed by atoms with Crippen molar-refractivity contribution in [3.8, 4) is 5.69 Å². The van der Waals surface area contributed by atoms with E-state index in [-0.39, 0.29) is 33.1 Å². The van der Waals surface area contributed by atoms with Gasteiger partial charge in [-0.1, -0.05) is 30.3 Å². The van der Waals surface area contributed by atoms with E-state index in [1.807, 2.05) is 30.3 Å². The highest BCUT2D eigenvalue weighted by Crippen LogP contribution is 2.27. The van der Waals surface area contributed by atoms with Crippen LogP contribution < -0.4 is 11.2 Å². The van der Waals surface area contributed by atoms with Gasteiger partial charge in [0.15, 0.2) is 0 Å². The number of benzene rings is 2. The molecule has 0 radical (unpaired) electrons. The molecule has 4 aromatic rings. The summed E-state index contributed by atoms with van der Waals surface area (Å²) in [5.41, 5.74) is -0.0965. The number of nitrogens with one attached hydrogen (secondary N) is 1. The highest BCUT2D eigenvalue weighted by Gasteiger charge is 2.22. The van der Waals surface area contributed by atoms with Crippen molar-refractivity contribution < 1.29 is 14.5 Å². The SMILES string of the molecule is Cc1c(C(=O)OCc2ccccc2)sc2[nH]c(=O)n(-c3ccc([N+](=O)[O-])cc3)c(=O)c12. The number of nitro benzene ring substituents is 1. The molecule has 0 amide bonds. The molecule has 2 aromatic heterocycles. The van der Waals surface area contributed by atoms with Crippen molar-refractivity contribution in [1.29, 1.82) is 0 Å². The van der Waals surface area contributed by atoms with Crippen LogP contribution in [0, 0.1) is 17.0 Å². The van der Waals surface area contributed by atoms with Gasteiger partial charge in [-0.3, -0.25) is 19.9 Å². The van der Waals surface area contributed by atoms with Gasteiger partial charge in [0.1, 0.15) is 16.3 Å². The van der Waals surface area contributed by atoms with Crippen LogP contribution in [0.1, 0.15) is 20.8 Å². The zero-order valence-electron chi connectivity index (χ0n) is 16.2. The summed E-state index contributed by atoms with van der Waals surface area (Å²) in [5.74, 6) is -0.593. The number of aromatic nitrogens is 2. The Labute approximate surface area is 178 Å². The van der Waals surface area contributed by atoms with Gasteiger partial charge in [-0.05, 0) is 30.2 Å². The topological polar surface area (TPSA) is 124 Å². The van der Waals surface area contributed by atoms with Crippen molar-refractivity contribution in [2.24, 2.45) is 0 Å². The van der Waals surface area contributed by atoms with Gasteiger partial charge in [0.25, 0.3) is 11.2 Å². The third-order valence-electron chi connectivity index (χ3n) is 4.70. The predicted molar refractivity (Wildman–Crippen MR) is 115 cm³/mol. The number of non-ortho nitro benzene ring substituents is 1. The second-order valence-electron chi connectivity index (χ2n) is 6.67. The summed E-state index contributed by atoms with van der Waals surface area (Å²) in [7, 11) is 0. The largest absolute Gasteiger partial charge is 0.457 e. The maximum Gasteiger partial charge on any atom is 0.349 e. The molecular formula is C21H15N3O6S. The highest BCUT2D eigenvalue weighted by molar-refractivity contribution is 7.20. The number of nitrogens with zero attached hydrogens (tertiary/aromatic N) is 2. The van der Waals surface area contributed by atoms with E-state index in [0.717, 1.165) is 21.5 Å². The van der Waals surface area contributed by atoms with Gasteiger partial charge in [-0.2, -0.15) is 0 Å². The van der Waals surface area contributed by atoms with Gasteiger partial charge >= 0.3 is 11.7 Å². The Bertz CT molecular complexity index is 1420. The van der Waals surface area contributed by atoms with Crippen LogP contribution in [0.3, 0.4) is 0 Å². The van der Waals surface area contributed by atoms with Crippen molar-refractivity contribution >= 4 is 33.2 Å². The maximum atomic E-state index is 13.1. The number of aryl methyl sites for hydroxylation is 1. The zero-order valence-corrected chi connectivity index (χ0v) is 17.0. The molecule has 0 bridgehead atoms. The van der Waals surface area contributed by atoms with Crippen molar-refractivity contribution in [3.63, 3.8) is 0 Å². The fourth-order valence-corrected chi connectivity index (χ4v) is 4.24. The molecule has 0 spiro atoms. The first-order chi connectivity index (χ1) is 14.9. The maximum absolute atomic E-state index is 13.1. The molecular weight excluding hydrogens is 422 g/mol. The average Bonchev–Trinajstić information content (AvgIpc) is 3.09.